The van der Waals surface area contributed by atoms with E-state index < -0.39 is 18.8 Å². The monoisotopic (exact) mass is 447 g/mol. The molecule has 0 radical (unpaired) electrons. The van der Waals surface area contributed by atoms with Gasteiger partial charge in [0.1, 0.15) is 11.6 Å². The average Bonchev–Trinajstić information content (AvgIpc) is 3.34. The fourth-order valence-corrected chi connectivity index (χ4v) is 3.00. The van der Waals surface area contributed by atoms with Crippen molar-refractivity contribution in [3.63, 3.8) is 0 Å². The Morgan fingerprint density at radius 3 is 2.36 bits per heavy atom. The molecule has 1 aromatic carbocycles. The number of hydrogen-bond donors (Lipinski definition) is 3. The second kappa shape index (κ2) is 10.0. The number of furan rings is 1. The zero-order chi connectivity index (χ0) is 23.2. The molecule has 11 heteroatoms. The first-order valence-electron chi connectivity index (χ1n) is 9.95. The maximum atomic E-state index is 13.0. The lowest BCUT2D eigenvalue weighted by atomic mass is 9.82. The van der Waals surface area contributed by atoms with Crippen LogP contribution in [0.3, 0.4) is 0 Å². The summed E-state index contributed by atoms with van der Waals surface area (Å²) in [5, 5.41) is 21.1. The quantitative estimate of drug-likeness (QED) is 0.349. The fourth-order valence-electron chi connectivity index (χ4n) is 3.00. The molecule has 0 saturated heterocycles. The van der Waals surface area contributed by atoms with E-state index in [4.69, 9.17) is 4.42 Å². The van der Waals surface area contributed by atoms with Gasteiger partial charge in [0, 0.05) is 29.7 Å². The van der Waals surface area contributed by atoms with Crippen LogP contribution in [0.15, 0.2) is 77.8 Å². The maximum absolute atomic E-state index is 13.0. The molecule has 3 aromatic heterocycles. The van der Waals surface area contributed by atoms with Gasteiger partial charge in [-0.2, -0.15) is 0 Å². The Bertz CT molecular complexity index is 1190. The molecular formula is C22H19BFN5O4. The molecule has 33 heavy (non-hydrogen) atoms. The molecular weight excluding hydrogens is 428 g/mol. The van der Waals surface area contributed by atoms with Gasteiger partial charge in [0.2, 0.25) is 5.95 Å². The van der Waals surface area contributed by atoms with Gasteiger partial charge in [-0.1, -0.05) is 6.07 Å². The van der Waals surface area contributed by atoms with E-state index in [2.05, 4.69) is 20.3 Å². The summed E-state index contributed by atoms with van der Waals surface area (Å²) in [5.41, 5.74) is 1.62. The molecule has 0 aliphatic carbocycles. The van der Waals surface area contributed by atoms with Gasteiger partial charge in [0.05, 0.1) is 30.6 Å². The minimum absolute atomic E-state index is 0.237. The van der Waals surface area contributed by atoms with E-state index in [-0.39, 0.29) is 11.0 Å². The normalized spacial score (nSPS) is 10.6. The van der Waals surface area contributed by atoms with E-state index in [0.29, 0.717) is 36.2 Å². The molecule has 3 N–H and O–H groups in total. The summed E-state index contributed by atoms with van der Waals surface area (Å²) in [6.07, 6.45) is 5.74. The molecule has 4 rings (SSSR count). The maximum Gasteiger partial charge on any atom is 0.490 e. The topological polar surface area (TPSA) is 125 Å². The molecule has 0 atom stereocenters. The van der Waals surface area contributed by atoms with Crippen molar-refractivity contribution in [2.24, 2.45) is 0 Å². The predicted molar refractivity (Wildman–Crippen MR) is 119 cm³/mol. The van der Waals surface area contributed by atoms with Crippen LogP contribution in [0, 0.1) is 5.82 Å². The molecule has 0 saturated carbocycles. The zero-order valence-corrected chi connectivity index (χ0v) is 17.3. The lowest BCUT2D eigenvalue weighted by Crippen LogP contribution is -2.31. The van der Waals surface area contributed by atoms with E-state index in [1.165, 1.54) is 42.9 Å². The van der Waals surface area contributed by atoms with Crippen molar-refractivity contribution >= 4 is 30.1 Å². The lowest BCUT2D eigenvalue weighted by molar-refractivity contribution is 0.102. The van der Waals surface area contributed by atoms with Crippen molar-refractivity contribution in [1.82, 2.24) is 15.0 Å². The van der Waals surface area contributed by atoms with Crippen molar-refractivity contribution in [2.45, 2.75) is 13.1 Å². The third kappa shape index (κ3) is 5.79. The number of benzene rings is 1. The number of amides is 1. The highest BCUT2D eigenvalue weighted by Gasteiger charge is 2.17. The zero-order valence-electron chi connectivity index (χ0n) is 17.3. The summed E-state index contributed by atoms with van der Waals surface area (Å²) in [6.45, 7) is 0.657. The Kier molecular flexibility index (Phi) is 6.72. The number of carbonyl (C=O) groups is 1. The fraction of sp³-hybridized carbons (Fsp3) is 0.0909. The Morgan fingerprint density at radius 2 is 1.76 bits per heavy atom. The van der Waals surface area contributed by atoms with E-state index in [9.17, 15) is 19.2 Å². The Balaban J connectivity index is 1.51. The number of carbonyl (C=O) groups excluding carboxylic acids is 1. The number of anilines is 2. The van der Waals surface area contributed by atoms with Crippen LogP contribution in [0.1, 0.15) is 21.8 Å². The molecule has 4 aromatic rings. The van der Waals surface area contributed by atoms with Gasteiger partial charge in [-0.3, -0.25) is 9.78 Å². The number of aromatic nitrogens is 3. The van der Waals surface area contributed by atoms with E-state index in [1.54, 1.807) is 29.4 Å². The van der Waals surface area contributed by atoms with Crippen molar-refractivity contribution in [2.75, 3.05) is 10.2 Å². The molecule has 1 amide bonds. The number of rotatable bonds is 8. The number of nitrogens with zero attached hydrogens (tertiary/aromatic N) is 4. The lowest BCUT2D eigenvalue weighted by Gasteiger charge is -2.21. The first kappa shape index (κ1) is 22.1. The molecule has 9 nitrogen and oxygen atoms in total. The SMILES string of the molecule is O=C(Nc1ccc(F)cc1)c1cnc(N(Cc2ccc(B(O)O)cn2)Cc2ccco2)nc1. The van der Waals surface area contributed by atoms with Crippen LogP contribution in [0.4, 0.5) is 16.0 Å². The third-order valence-corrected chi connectivity index (χ3v) is 4.71. The Labute approximate surface area is 188 Å². The summed E-state index contributed by atoms with van der Waals surface area (Å²) >= 11 is 0. The van der Waals surface area contributed by atoms with E-state index >= 15 is 0 Å². The highest BCUT2D eigenvalue weighted by atomic mass is 19.1. The van der Waals surface area contributed by atoms with Crippen LogP contribution < -0.4 is 15.7 Å². The Morgan fingerprint density at radius 1 is 1.00 bits per heavy atom. The molecule has 0 bridgehead atoms. The molecule has 0 aliphatic heterocycles. The highest BCUT2D eigenvalue weighted by Crippen LogP contribution is 2.16. The van der Waals surface area contributed by atoms with Crippen molar-refractivity contribution in [3.05, 3.63) is 96.2 Å². The molecule has 0 aliphatic rings. The van der Waals surface area contributed by atoms with Gasteiger partial charge in [-0.05, 0) is 42.5 Å². The molecule has 0 unspecified atom stereocenters. The summed E-state index contributed by atoms with van der Waals surface area (Å²) in [4.78, 5) is 27.2. The summed E-state index contributed by atoms with van der Waals surface area (Å²) < 4.78 is 18.5. The molecule has 166 valence electrons. The third-order valence-electron chi connectivity index (χ3n) is 4.71. The predicted octanol–water partition coefficient (Wildman–Crippen LogP) is 1.74. The first-order valence-corrected chi connectivity index (χ1v) is 9.95. The van der Waals surface area contributed by atoms with Gasteiger partial charge in [0.25, 0.3) is 5.91 Å². The van der Waals surface area contributed by atoms with Crippen molar-refractivity contribution < 1.29 is 23.7 Å². The minimum atomic E-state index is -1.59. The van der Waals surface area contributed by atoms with Crippen molar-refractivity contribution in [3.8, 4) is 0 Å². The van der Waals surface area contributed by atoms with Gasteiger partial charge < -0.3 is 24.7 Å². The van der Waals surface area contributed by atoms with Crippen LogP contribution in [0.5, 0.6) is 0 Å². The van der Waals surface area contributed by atoms with Crippen LogP contribution in [0.2, 0.25) is 0 Å². The summed E-state index contributed by atoms with van der Waals surface area (Å²) in [7, 11) is -1.59. The summed E-state index contributed by atoms with van der Waals surface area (Å²) in [5.74, 6) is 0.205. The molecule has 0 fully saturated rings. The van der Waals surface area contributed by atoms with E-state index in [1.807, 2.05) is 6.07 Å². The van der Waals surface area contributed by atoms with Crippen LogP contribution >= 0.6 is 0 Å². The number of halogens is 1. The second-order valence-electron chi connectivity index (χ2n) is 7.12. The number of pyridine rings is 1. The van der Waals surface area contributed by atoms with Gasteiger partial charge in [0.15, 0.2) is 0 Å². The van der Waals surface area contributed by atoms with Crippen LogP contribution in [0.25, 0.3) is 0 Å². The molecule has 0 spiro atoms. The second-order valence-corrected chi connectivity index (χ2v) is 7.12. The van der Waals surface area contributed by atoms with Crippen LogP contribution in [-0.2, 0) is 13.1 Å². The first-order chi connectivity index (χ1) is 16.0. The van der Waals surface area contributed by atoms with E-state index in [0.717, 1.165) is 0 Å². The van der Waals surface area contributed by atoms with Crippen LogP contribution in [-0.4, -0.2) is 38.0 Å². The Hall–Kier alpha value is -4.09. The highest BCUT2D eigenvalue weighted by molar-refractivity contribution is 6.58. The van der Waals surface area contributed by atoms with Crippen molar-refractivity contribution in [1.29, 1.82) is 0 Å². The number of nitrogens with one attached hydrogen (secondary N) is 1. The standard InChI is InChI=1S/C22H19BFN5O4/c24-17-4-7-18(8-5-17)28-21(30)15-10-26-22(27-11-15)29(14-20-2-1-9-33-20)13-19-6-3-16(12-25-19)23(31)32/h1-12,31-32H,13-14H2,(H,28,30). The van der Waals surface area contributed by atoms with Gasteiger partial charge >= 0.3 is 7.12 Å². The average molecular weight is 447 g/mol. The largest absolute Gasteiger partial charge is 0.490 e. The van der Waals surface area contributed by atoms with Gasteiger partial charge in [-0.25, -0.2) is 14.4 Å². The summed E-state index contributed by atoms with van der Waals surface area (Å²) in [6, 6.07) is 12.3. The molecule has 3 heterocycles. The number of hydrogen-bond acceptors (Lipinski definition) is 8. The smallest absolute Gasteiger partial charge is 0.467 e. The minimum Gasteiger partial charge on any atom is -0.467 e. The van der Waals surface area contributed by atoms with Gasteiger partial charge in [-0.15, -0.1) is 0 Å².